The highest BCUT2D eigenvalue weighted by atomic mass is 32.2. The molecule has 0 heterocycles. The third kappa shape index (κ3) is 3.56. The molecule has 0 saturated heterocycles. The molecule has 0 saturated carbocycles. The van der Waals surface area contributed by atoms with Crippen molar-refractivity contribution >= 4 is 15.7 Å². The van der Waals surface area contributed by atoms with Crippen molar-refractivity contribution in [2.24, 2.45) is 0 Å². The standard InChI is InChI=1S/C14H14F2N2O2S/c1-17-9-10-5-7-11(8-6-10)21(19,20)18-13-4-2-3-12(15)14(13)16/h2-8,17-18H,9H2,1H3. The Morgan fingerprint density at radius 1 is 1.05 bits per heavy atom. The van der Waals surface area contributed by atoms with Crippen molar-refractivity contribution in [2.75, 3.05) is 11.8 Å². The van der Waals surface area contributed by atoms with Crippen molar-refractivity contribution in [3.8, 4) is 0 Å². The molecule has 21 heavy (non-hydrogen) atoms. The molecular formula is C14H14F2N2O2S. The molecule has 0 aliphatic heterocycles. The van der Waals surface area contributed by atoms with Crippen LogP contribution in [-0.4, -0.2) is 15.5 Å². The van der Waals surface area contributed by atoms with E-state index >= 15 is 0 Å². The summed E-state index contributed by atoms with van der Waals surface area (Å²) in [6.45, 7) is 0.603. The number of hydrogen-bond acceptors (Lipinski definition) is 3. The molecule has 112 valence electrons. The summed E-state index contributed by atoms with van der Waals surface area (Å²) in [7, 11) is -2.18. The first-order valence-electron chi connectivity index (χ1n) is 6.14. The van der Waals surface area contributed by atoms with Gasteiger partial charge in [-0.1, -0.05) is 18.2 Å². The van der Waals surface area contributed by atoms with Gasteiger partial charge in [-0.3, -0.25) is 4.72 Å². The average Bonchev–Trinajstić information content (AvgIpc) is 2.45. The molecule has 2 aromatic rings. The van der Waals surface area contributed by atoms with Crippen LogP contribution in [0.3, 0.4) is 0 Å². The predicted octanol–water partition coefficient (Wildman–Crippen LogP) is 2.49. The Hall–Kier alpha value is -1.99. The van der Waals surface area contributed by atoms with Gasteiger partial charge in [-0.05, 0) is 36.9 Å². The van der Waals surface area contributed by atoms with Gasteiger partial charge in [-0.25, -0.2) is 17.2 Å². The molecule has 0 aliphatic rings. The summed E-state index contributed by atoms with van der Waals surface area (Å²) < 4.78 is 52.9. The number of halogens is 2. The normalized spacial score (nSPS) is 11.4. The van der Waals surface area contributed by atoms with E-state index in [1.807, 2.05) is 4.72 Å². The van der Waals surface area contributed by atoms with Crippen LogP contribution in [0.4, 0.5) is 14.5 Å². The Balaban J connectivity index is 2.27. The summed E-state index contributed by atoms with van der Waals surface area (Å²) in [6.07, 6.45) is 0. The molecule has 0 aliphatic carbocycles. The van der Waals surface area contributed by atoms with E-state index in [0.29, 0.717) is 6.54 Å². The first-order chi connectivity index (χ1) is 9.94. The molecule has 0 spiro atoms. The third-order valence-electron chi connectivity index (χ3n) is 2.81. The molecule has 2 aromatic carbocycles. The number of rotatable bonds is 5. The fourth-order valence-corrected chi connectivity index (χ4v) is 2.84. The number of hydrogen-bond donors (Lipinski definition) is 2. The van der Waals surface area contributed by atoms with Crippen molar-refractivity contribution < 1.29 is 17.2 Å². The molecule has 0 radical (unpaired) electrons. The van der Waals surface area contributed by atoms with Crippen LogP contribution in [-0.2, 0) is 16.6 Å². The van der Waals surface area contributed by atoms with Crippen LogP contribution in [0, 0.1) is 11.6 Å². The highest BCUT2D eigenvalue weighted by Gasteiger charge is 2.17. The molecule has 4 nitrogen and oxygen atoms in total. The van der Waals surface area contributed by atoms with E-state index in [0.717, 1.165) is 17.7 Å². The molecule has 0 aromatic heterocycles. The van der Waals surface area contributed by atoms with Crippen molar-refractivity contribution in [3.05, 3.63) is 59.7 Å². The number of sulfonamides is 1. The van der Waals surface area contributed by atoms with E-state index in [1.165, 1.54) is 18.2 Å². The van der Waals surface area contributed by atoms with Crippen molar-refractivity contribution in [1.29, 1.82) is 0 Å². The minimum atomic E-state index is -3.96. The van der Waals surface area contributed by atoms with E-state index in [1.54, 1.807) is 19.2 Å². The first-order valence-corrected chi connectivity index (χ1v) is 7.63. The van der Waals surface area contributed by atoms with Gasteiger partial charge >= 0.3 is 0 Å². The monoisotopic (exact) mass is 312 g/mol. The Bertz CT molecular complexity index is 731. The maximum absolute atomic E-state index is 13.5. The zero-order valence-electron chi connectivity index (χ0n) is 11.2. The Kier molecular flexibility index (Phi) is 4.54. The molecule has 7 heteroatoms. The molecule has 0 fully saturated rings. The third-order valence-corrected chi connectivity index (χ3v) is 4.19. The second kappa shape index (κ2) is 6.19. The summed E-state index contributed by atoms with van der Waals surface area (Å²) in [5.74, 6) is -2.34. The Morgan fingerprint density at radius 3 is 2.33 bits per heavy atom. The van der Waals surface area contributed by atoms with Gasteiger partial charge in [0.2, 0.25) is 0 Å². The van der Waals surface area contributed by atoms with Gasteiger partial charge < -0.3 is 5.32 Å². The molecule has 0 atom stereocenters. The molecular weight excluding hydrogens is 298 g/mol. The van der Waals surface area contributed by atoms with Crippen LogP contribution in [0.1, 0.15) is 5.56 Å². The Morgan fingerprint density at radius 2 is 1.71 bits per heavy atom. The van der Waals surface area contributed by atoms with Gasteiger partial charge in [0, 0.05) is 6.54 Å². The van der Waals surface area contributed by atoms with Gasteiger partial charge in [0.05, 0.1) is 10.6 Å². The predicted molar refractivity (Wildman–Crippen MR) is 76.4 cm³/mol. The lowest BCUT2D eigenvalue weighted by Gasteiger charge is -2.10. The van der Waals surface area contributed by atoms with Crippen molar-refractivity contribution in [3.63, 3.8) is 0 Å². The molecule has 0 bridgehead atoms. The highest BCUT2D eigenvalue weighted by molar-refractivity contribution is 7.92. The molecule has 2 rings (SSSR count). The largest absolute Gasteiger partial charge is 0.316 e. The van der Waals surface area contributed by atoms with Crippen molar-refractivity contribution in [2.45, 2.75) is 11.4 Å². The SMILES string of the molecule is CNCc1ccc(S(=O)(=O)Nc2cccc(F)c2F)cc1. The van der Waals surface area contributed by atoms with Gasteiger partial charge in [-0.2, -0.15) is 0 Å². The van der Waals surface area contributed by atoms with Crippen LogP contribution in [0.2, 0.25) is 0 Å². The minimum absolute atomic E-state index is 0.0222. The summed E-state index contributed by atoms with van der Waals surface area (Å²) in [5, 5.41) is 2.94. The zero-order chi connectivity index (χ0) is 15.5. The topological polar surface area (TPSA) is 58.2 Å². The van der Waals surface area contributed by atoms with E-state index < -0.39 is 27.3 Å². The lowest BCUT2D eigenvalue weighted by molar-refractivity contribution is 0.511. The van der Waals surface area contributed by atoms with Crippen LogP contribution < -0.4 is 10.0 Å². The molecule has 0 unspecified atom stereocenters. The fourth-order valence-electron chi connectivity index (χ4n) is 1.78. The van der Waals surface area contributed by atoms with Gasteiger partial charge in [0.25, 0.3) is 10.0 Å². The number of anilines is 1. The van der Waals surface area contributed by atoms with Crippen LogP contribution >= 0.6 is 0 Å². The van der Waals surface area contributed by atoms with E-state index in [4.69, 9.17) is 0 Å². The van der Waals surface area contributed by atoms with Gasteiger partial charge in [0.15, 0.2) is 11.6 Å². The second-order valence-electron chi connectivity index (χ2n) is 4.38. The van der Waals surface area contributed by atoms with Gasteiger partial charge in [0.1, 0.15) is 0 Å². The summed E-state index contributed by atoms with van der Waals surface area (Å²) in [5.41, 5.74) is 0.489. The fraction of sp³-hybridized carbons (Fsp3) is 0.143. The Labute approximate surface area is 121 Å². The van der Waals surface area contributed by atoms with Crippen LogP contribution in [0.25, 0.3) is 0 Å². The van der Waals surface area contributed by atoms with E-state index in [-0.39, 0.29) is 4.90 Å². The van der Waals surface area contributed by atoms with E-state index in [9.17, 15) is 17.2 Å². The highest BCUT2D eigenvalue weighted by Crippen LogP contribution is 2.21. The molecule has 0 amide bonds. The van der Waals surface area contributed by atoms with Crippen LogP contribution in [0.15, 0.2) is 47.4 Å². The van der Waals surface area contributed by atoms with Crippen LogP contribution in [0.5, 0.6) is 0 Å². The lowest BCUT2D eigenvalue weighted by Crippen LogP contribution is -2.14. The minimum Gasteiger partial charge on any atom is -0.316 e. The maximum Gasteiger partial charge on any atom is 0.261 e. The summed E-state index contributed by atoms with van der Waals surface area (Å²) >= 11 is 0. The average molecular weight is 312 g/mol. The summed E-state index contributed by atoms with van der Waals surface area (Å²) in [6, 6.07) is 9.41. The maximum atomic E-state index is 13.5. The molecule has 2 N–H and O–H groups in total. The lowest BCUT2D eigenvalue weighted by atomic mass is 10.2. The smallest absolute Gasteiger partial charge is 0.261 e. The second-order valence-corrected chi connectivity index (χ2v) is 6.06. The summed E-state index contributed by atoms with van der Waals surface area (Å²) in [4.78, 5) is -0.0222. The number of benzene rings is 2. The van der Waals surface area contributed by atoms with Gasteiger partial charge in [-0.15, -0.1) is 0 Å². The van der Waals surface area contributed by atoms with E-state index in [2.05, 4.69) is 5.32 Å². The van der Waals surface area contributed by atoms with Crippen molar-refractivity contribution in [1.82, 2.24) is 5.32 Å². The quantitative estimate of drug-likeness (QED) is 0.892. The number of nitrogens with one attached hydrogen (secondary N) is 2. The zero-order valence-corrected chi connectivity index (χ0v) is 12.0. The first kappa shape index (κ1) is 15.4.